The van der Waals surface area contributed by atoms with Crippen LogP contribution in [0.2, 0.25) is 0 Å². The Bertz CT molecular complexity index is 1570. The molecule has 1 unspecified atom stereocenters. The van der Waals surface area contributed by atoms with Crippen molar-refractivity contribution in [3.63, 3.8) is 0 Å². The van der Waals surface area contributed by atoms with E-state index in [1.54, 1.807) is 25.3 Å². The molecule has 0 radical (unpaired) electrons. The predicted molar refractivity (Wildman–Crippen MR) is 126 cm³/mol. The van der Waals surface area contributed by atoms with Crippen LogP contribution in [0.3, 0.4) is 0 Å². The molecule has 2 aliphatic heterocycles. The molecule has 1 atom stereocenters. The summed E-state index contributed by atoms with van der Waals surface area (Å²) in [5, 5.41) is 7.05. The van der Waals surface area contributed by atoms with Crippen LogP contribution < -0.4 is 10.6 Å². The maximum atomic E-state index is 14.1. The Morgan fingerprint density at radius 3 is 2.97 bits per heavy atom. The van der Waals surface area contributed by atoms with Gasteiger partial charge in [-0.2, -0.15) is 0 Å². The van der Waals surface area contributed by atoms with Gasteiger partial charge in [-0.3, -0.25) is 4.79 Å². The zero-order valence-electron chi connectivity index (χ0n) is 18.8. The van der Waals surface area contributed by atoms with E-state index in [2.05, 4.69) is 25.6 Å². The minimum absolute atomic E-state index is 0.0846. The molecule has 0 amide bonds. The number of nitrogens with one attached hydrogen (secondary N) is 4. The average Bonchev–Trinajstić information content (AvgIpc) is 3.56. The van der Waals surface area contributed by atoms with E-state index in [0.717, 1.165) is 23.9 Å². The van der Waals surface area contributed by atoms with E-state index in [0.29, 0.717) is 45.1 Å². The molecule has 36 heavy (non-hydrogen) atoms. The number of furan rings is 1. The monoisotopic (exact) mass is 511 g/mol. The van der Waals surface area contributed by atoms with Crippen LogP contribution in [0.5, 0.6) is 0 Å². The van der Waals surface area contributed by atoms with E-state index in [1.165, 1.54) is 0 Å². The van der Waals surface area contributed by atoms with E-state index < -0.39 is 23.5 Å². The van der Waals surface area contributed by atoms with Gasteiger partial charge in [0.25, 0.3) is 0 Å². The van der Waals surface area contributed by atoms with Crippen LogP contribution in [0.15, 0.2) is 56.4 Å². The zero-order valence-corrected chi connectivity index (χ0v) is 19.6. The molecule has 4 aromatic rings. The Morgan fingerprint density at radius 1 is 1.28 bits per heavy atom. The number of imidazole rings is 1. The Hall–Kier alpha value is -3.90. The fourth-order valence-corrected chi connectivity index (χ4v) is 5.34. The summed E-state index contributed by atoms with van der Waals surface area (Å²) >= 11 is 1.11. The quantitative estimate of drug-likeness (QED) is 0.296. The molecule has 5 heterocycles. The summed E-state index contributed by atoms with van der Waals surface area (Å²) in [7, 11) is 0. The van der Waals surface area contributed by atoms with Gasteiger partial charge >= 0.3 is 5.97 Å². The summed E-state index contributed by atoms with van der Waals surface area (Å²) in [5.41, 5.74) is 2.96. The first-order valence-electron chi connectivity index (χ1n) is 11.2. The fraction of sp³-hybridized carbons (Fsp3) is 0.208. The number of halogens is 2. The van der Waals surface area contributed by atoms with Crippen molar-refractivity contribution in [1.82, 2.24) is 20.3 Å². The van der Waals surface area contributed by atoms with Crippen molar-refractivity contribution in [2.45, 2.75) is 23.1 Å². The topological polar surface area (TPSA) is 125 Å². The second-order valence-corrected chi connectivity index (χ2v) is 9.27. The Labute approximate surface area is 206 Å². The number of aromatic nitrogens is 3. The molecule has 9 nitrogen and oxygen atoms in total. The number of fused-ring (bicyclic) bond motifs is 2. The van der Waals surface area contributed by atoms with Gasteiger partial charge < -0.3 is 29.8 Å². The number of Topliss-reactive ketones (excluding diaryl/α,β-unsaturated/α-hetero) is 1. The third-order valence-corrected chi connectivity index (χ3v) is 6.86. The van der Waals surface area contributed by atoms with Crippen molar-refractivity contribution in [1.29, 1.82) is 0 Å². The molecule has 0 fully saturated rings. The van der Waals surface area contributed by atoms with Crippen molar-refractivity contribution in [2.75, 3.05) is 25.0 Å². The van der Waals surface area contributed by atoms with Gasteiger partial charge in [0.1, 0.15) is 22.8 Å². The van der Waals surface area contributed by atoms with Crippen LogP contribution in [0.25, 0.3) is 11.0 Å². The molecule has 3 aromatic heterocycles. The van der Waals surface area contributed by atoms with Crippen molar-refractivity contribution in [3.05, 3.63) is 70.4 Å². The number of H-pyrrole nitrogens is 2. The lowest BCUT2D eigenvalue weighted by molar-refractivity contribution is -0.115. The SMILES string of the molecule is CCOC(=O)c1[nH]cc2c1NC1=C(C(=O)CNC1)C2c1ccc(Sc2nc3cc(F)cc(F)c3[nH]2)o1. The van der Waals surface area contributed by atoms with E-state index in [-0.39, 0.29) is 35.7 Å². The van der Waals surface area contributed by atoms with Gasteiger partial charge in [-0.15, -0.1) is 0 Å². The maximum Gasteiger partial charge on any atom is 0.356 e. The number of ketones is 1. The lowest BCUT2D eigenvalue weighted by atomic mass is 9.82. The molecule has 184 valence electrons. The molecular weight excluding hydrogens is 492 g/mol. The van der Waals surface area contributed by atoms with Crippen molar-refractivity contribution in [3.8, 4) is 0 Å². The lowest BCUT2D eigenvalue weighted by Gasteiger charge is -2.31. The first kappa shape index (κ1) is 22.6. The number of rotatable bonds is 5. The summed E-state index contributed by atoms with van der Waals surface area (Å²) in [4.78, 5) is 35.5. The zero-order chi connectivity index (χ0) is 25.0. The molecule has 0 saturated carbocycles. The molecule has 2 aliphatic rings. The molecule has 0 bridgehead atoms. The molecule has 6 rings (SSSR count). The van der Waals surface area contributed by atoms with Crippen LogP contribution in [0.1, 0.15) is 34.7 Å². The third-order valence-electron chi connectivity index (χ3n) is 6.05. The molecule has 1 aromatic carbocycles. The van der Waals surface area contributed by atoms with E-state index in [1.807, 2.05) is 0 Å². The number of benzene rings is 1. The molecule has 0 saturated heterocycles. The Morgan fingerprint density at radius 2 is 2.14 bits per heavy atom. The first-order valence-corrected chi connectivity index (χ1v) is 12.0. The number of ether oxygens (including phenoxy) is 1. The number of anilines is 1. The minimum atomic E-state index is -0.736. The number of carbonyl (C=O) groups excluding carboxylic acids is 2. The molecule has 4 N–H and O–H groups in total. The van der Waals surface area contributed by atoms with Crippen molar-refractivity contribution < 1.29 is 27.5 Å². The summed E-state index contributed by atoms with van der Waals surface area (Å²) in [6, 6.07) is 5.41. The second-order valence-electron chi connectivity index (χ2n) is 8.27. The van der Waals surface area contributed by atoms with Gasteiger partial charge in [0.05, 0.1) is 30.3 Å². The van der Waals surface area contributed by atoms with Crippen LogP contribution in [-0.4, -0.2) is 46.4 Å². The highest BCUT2D eigenvalue weighted by Crippen LogP contribution is 2.45. The van der Waals surface area contributed by atoms with Crippen molar-refractivity contribution >= 4 is 40.2 Å². The normalized spacial score (nSPS) is 17.2. The molecule has 12 heteroatoms. The number of nitrogens with zero attached hydrogens (tertiary/aromatic N) is 1. The average molecular weight is 512 g/mol. The van der Waals surface area contributed by atoms with Crippen LogP contribution in [-0.2, 0) is 9.53 Å². The van der Waals surface area contributed by atoms with Crippen LogP contribution in [0, 0.1) is 11.6 Å². The third kappa shape index (κ3) is 3.69. The molecular formula is C24H19F2N5O4S. The fourth-order valence-electron chi connectivity index (χ4n) is 4.58. The van der Waals surface area contributed by atoms with Gasteiger partial charge in [0.15, 0.2) is 21.8 Å². The largest absolute Gasteiger partial charge is 0.461 e. The second kappa shape index (κ2) is 8.64. The van der Waals surface area contributed by atoms with Gasteiger partial charge in [0, 0.05) is 41.7 Å². The minimum Gasteiger partial charge on any atom is -0.461 e. The summed E-state index contributed by atoms with van der Waals surface area (Å²) in [5.74, 6) is -2.10. The first-order chi connectivity index (χ1) is 17.4. The number of esters is 1. The summed E-state index contributed by atoms with van der Waals surface area (Å²) in [6.07, 6.45) is 1.67. The summed E-state index contributed by atoms with van der Waals surface area (Å²) < 4.78 is 38.9. The highest BCUT2D eigenvalue weighted by molar-refractivity contribution is 7.99. The van der Waals surface area contributed by atoms with Gasteiger partial charge in [-0.05, 0) is 30.8 Å². The smallest absolute Gasteiger partial charge is 0.356 e. The van der Waals surface area contributed by atoms with Crippen LogP contribution >= 0.6 is 11.8 Å². The molecule has 0 spiro atoms. The highest BCUT2D eigenvalue weighted by atomic mass is 32.2. The van der Waals surface area contributed by atoms with Gasteiger partial charge in [-0.25, -0.2) is 18.6 Å². The number of carbonyl (C=O) groups is 2. The summed E-state index contributed by atoms with van der Waals surface area (Å²) in [6.45, 7) is 2.56. The van der Waals surface area contributed by atoms with E-state index >= 15 is 0 Å². The van der Waals surface area contributed by atoms with E-state index in [9.17, 15) is 18.4 Å². The number of aromatic amines is 2. The lowest BCUT2D eigenvalue weighted by Crippen LogP contribution is -2.39. The maximum absolute atomic E-state index is 14.1. The number of hydrogen-bond acceptors (Lipinski definition) is 8. The van der Waals surface area contributed by atoms with Gasteiger partial charge in [-0.1, -0.05) is 0 Å². The standard InChI is InChI=1S/C24H19F2N5O4S/c1-2-34-23(33)22-20-11(7-28-22)18(19-14(29-20)8-27-9-15(19)32)16-3-4-17(35-16)36-24-30-13-6-10(25)5-12(26)21(13)31-24/h3-7,18,27-29H,2,8-9H2,1H3,(H,30,31). The Balaban J connectivity index is 1.37. The van der Waals surface area contributed by atoms with E-state index in [4.69, 9.17) is 9.15 Å². The van der Waals surface area contributed by atoms with Crippen LogP contribution in [0.4, 0.5) is 14.5 Å². The number of hydrogen-bond donors (Lipinski definition) is 4. The Kier molecular flexibility index (Phi) is 5.41. The van der Waals surface area contributed by atoms with Crippen molar-refractivity contribution in [2.24, 2.45) is 0 Å². The highest BCUT2D eigenvalue weighted by Gasteiger charge is 2.39. The molecule has 0 aliphatic carbocycles. The predicted octanol–water partition coefficient (Wildman–Crippen LogP) is 4.07. The van der Waals surface area contributed by atoms with Gasteiger partial charge in [0.2, 0.25) is 0 Å².